The van der Waals surface area contributed by atoms with Gasteiger partial charge in [0, 0.05) is 12.1 Å². The van der Waals surface area contributed by atoms with E-state index in [-0.39, 0.29) is 11.4 Å². The molecular weight excluding hydrogens is 415 g/mol. The van der Waals surface area contributed by atoms with Gasteiger partial charge < -0.3 is 0 Å². The number of carbonyl (C=O) groups excluding carboxylic acids is 1. The first-order valence-electron chi connectivity index (χ1n) is 8.97. The van der Waals surface area contributed by atoms with Crippen molar-refractivity contribution < 1.29 is 26.4 Å². The predicted molar refractivity (Wildman–Crippen MR) is 106 cm³/mol. The van der Waals surface area contributed by atoms with Gasteiger partial charge in [-0.1, -0.05) is 60.7 Å². The zero-order chi connectivity index (χ0) is 21.8. The molecule has 3 aromatic rings. The summed E-state index contributed by atoms with van der Waals surface area (Å²) in [7, 11) is -4.05. The van der Waals surface area contributed by atoms with Crippen molar-refractivity contribution in [1.82, 2.24) is 4.31 Å². The molecular formula is C22H18F3NO3S. The average Bonchev–Trinajstić information content (AvgIpc) is 2.74. The molecule has 0 saturated heterocycles. The van der Waals surface area contributed by atoms with Gasteiger partial charge in [-0.15, -0.1) is 0 Å². The van der Waals surface area contributed by atoms with Crippen molar-refractivity contribution in [3.05, 3.63) is 102 Å². The molecule has 4 nitrogen and oxygen atoms in total. The second-order valence-corrected chi connectivity index (χ2v) is 8.51. The van der Waals surface area contributed by atoms with Crippen molar-refractivity contribution >= 4 is 15.8 Å². The summed E-state index contributed by atoms with van der Waals surface area (Å²) in [5.41, 5.74) is -0.148. The third-order valence-corrected chi connectivity index (χ3v) is 6.24. The van der Waals surface area contributed by atoms with Crippen LogP contribution in [0.1, 0.15) is 21.5 Å². The monoisotopic (exact) mass is 433 g/mol. The first-order chi connectivity index (χ1) is 14.2. The summed E-state index contributed by atoms with van der Waals surface area (Å²) in [5, 5.41) is 0. The van der Waals surface area contributed by atoms with Crippen LogP contribution in [-0.2, 0) is 22.7 Å². The van der Waals surface area contributed by atoms with E-state index in [1.165, 1.54) is 24.3 Å². The lowest BCUT2D eigenvalue weighted by Gasteiger charge is -2.22. The fourth-order valence-electron chi connectivity index (χ4n) is 2.85. The highest BCUT2D eigenvalue weighted by Gasteiger charge is 2.31. The van der Waals surface area contributed by atoms with Crippen LogP contribution in [0.4, 0.5) is 13.2 Å². The molecule has 30 heavy (non-hydrogen) atoms. The summed E-state index contributed by atoms with van der Waals surface area (Å²) in [6, 6.07) is 20.0. The molecule has 0 N–H and O–H groups in total. The van der Waals surface area contributed by atoms with Crippen molar-refractivity contribution in [3.8, 4) is 0 Å². The van der Waals surface area contributed by atoms with Crippen LogP contribution in [0.5, 0.6) is 0 Å². The van der Waals surface area contributed by atoms with Crippen LogP contribution in [0.2, 0.25) is 0 Å². The molecule has 3 aromatic carbocycles. The molecule has 0 amide bonds. The Balaban J connectivity index is 1.92. The summed E-state index contributed by atoms with van der Waals surface area (Å²) in [6.07, 6.45) is -4.49. The van der Waals surface area contributed by atoms with Gasteiger partial charge in [0.25, 0.3) is 0 Å². The Morgan fingerprint density at radius 2 is 1.33 bits per heavy atom. The number of nitrogens with zero attached hydrogens (tertiary/aromatic N) is 1. The van der Waals surface area contributed by atoms with Crippen LogP contribution in [-0.4, -0.2) is 25.1 Å². The van der Waals surface area contributed by atoms with E-state index < -0.39 is 34.1 Å². The van der Waals surface area contributed by atoms with Crippen molar-refractivity contribution in [2.45, 2.75) is 17.6 Å². The molecule has 0 heterocycles. The number of alkyl halides is 3. The van der Waals surface area contributed by atoms with Crippen molar-refractivity contribution in [2.24, 2.45) is 0 Å². The van der Waals surface area contributed by atoms with E-state index in [2.05, 4.69) is 0 Å². The number of hydrogen-bond donors (Lipinski definition) is 0. The molecule has 0 aliphatic carbocycles. The molecule has 0 aliphatic heterocycles. The van der Waals surface area contributed by atoms with Gasteiger partial charge >= 0.3 is 6.18 Å². The van der Waals surface area contributed by atoms with Crippen molar-refractivity contribution in [2.75, 3.05) is 6.54 Å². The second-order valence-electron chi connectivity index (χ2n) is 6.57. The SMILES string of the molecule is O=C(CN(Cc1ccc(C(F)(F)F)cc1)S(=O)(=O)c1ccccc1)c1ccccc1. The van der Waals surface area contributed by atoms with Crippen LogP contribution < -0.4 is 0 Å². The molecule has 3 rings (SSSR count). The van der Waals surface area contributed by atoms with Gasteiger partial charge in [0.1, 0.15) is 0 Å². The lowest BCUT2D eigenvalue weighted by Crippen LogP contribution is -2.35. The van der Waals surface area contributed by atoms with E-state index in [4.69, 9.17) is 0 Å². The van der Waals surface area contributed by atoms with Gasteiger partial charge in [-0.25, -0.2) is 8.42 Å². The fraction of sp³-hybridized carbons (Fsp3) is 0.136. The standard InChI is InChI=1S/C22H18F3NO3S/c23-22(24,25)19-13-11-17(12-14-19)15-26(16-21(27)18-7-3-1-4-8-18)30(28,29)20-9-5-2-6-10-20/h1-14H,15-16H2. The molecule has 0 atom stereocenters. The lowest BCUT2D eigenvalue weighted by molar-refractivity contribution is -0.137. The summed E-state index contributed by atoms with van der Waals surface area (Å²) in [4.78, 5) is 12.7. The highest BCUT2D eigenvalue weighted by atomic mass is 32.2. The summed E-state index contributed by atoms with van der Waals surface area (Å²) in [6.45, 7) is -0.684. The number of ketones is 1. The number of rotatable bonds is 7. The third kappa shape index (κ3) is 5.14. The fourth-order valence-corrected chi connectivity index (χ4v) is 4.25. The van der Waals surface area contributed by atoms with Crippen LogP contribution in [0.3, 0.4) is 0 Å². The minimum Gasteiger partial charge on any atom is -0.293 e. The van der Waals surface area contributed by atoms with Gasteiger partial charge in [-0.05, 0) is 29.8 Å². The average molecular weight is 433 g/mol. The number of sulfonamides is 1. The maximum absolute atomic E-state index is 13.1. The Hall–Kier alpha value is -2.97. The van der Waals surface area contributed by atoms with E-state index in [1.54, 1.807) is 48.5 Å². The maximum atomic E-state index is 13.1. The quantitative estimate of drug-likeness (QED) is 0.504. The van der Waals surface area contributed by atoms with Crippen molar-refractivity contribution in [1.29, 1.82) is 0 Å². The van der Waals surface area contributed by atoms with Gasteiger partial charge in [-0.2, -0.15) is 17.5 Å². The van der Waals surface area contributed by atoms with Crippen LogP contribution >= 0.6 is 0 Å². The normalized spacial score (nSPS) is 12.1. The molecule has 0 fully saturated rings. The van der Waals surface area contributed by atoms with Gasteiger partial charge in [0.2, 0.25) is 10.0 Å². The Bertz CT molecular complexity index is 1100. The van der Waals surface area contributed by atoms with Gasteiger partial charge in [0.15, 0.2) is 5.78 Å². The van der Waals surface area contributed by atoms with Crippen LogP contribution in [0.25, 0.3) is 0 Å². The lowest BCUT2D eigenvalue weighted by atomic mass is 10.1. The Labute approximate surface area is 172 Å². The van der Waals surface area contributed by atoms with E-state index in [9.17, 15) is 26.4 Å². The highest BCUT2D eigenvalue weighted by Crippen LogP contribution is 2.29. The molecule has 0 radical (unpaired) electrons. The summed E-state index contributed by atoms with van der Waals surface area (Å²) in [5.74, 6) is -0.415. The van der Waals surface area contributed by atoms with E-state index in [1.807, 2.05) is 0 Å². The number of Topliss-reactive ketones (excluding diaryl/α,β-unsaturated/α-hetero) is 1. The van der Waals surface area contributed by atoms with Crippen molar-refractivity contribution in [3.63, 3.8) is 0 Å². The minimum absolute atomic E-state index is 0.00206. The maximum Gasteiger partial charge on any atom is 0.416 e. The molecule has 0 spiro atoms. The number of hydrogen-bond acceptors (Lipinski definition) is 3. The smallest absolute Gasteiger partial charge is 0.293 e. The minimum atomic E-state index is -4.49. The Morgan fingerprint density at radius 3 is 1.87 bits per heavy atom. The first-order valence-corrected chi connectivity index (χ1v) is 10.4. The number of carbonyl (C=O) groups is 1. The molecule has 156 valence electrons. The molecule has 0 aromatic heterocycles. The molecule has 0 aliphatic rings. The van der Waals surface area contributed by atoms with E-state index in [0.29, 0.717) is 11.1 Å². The highest BCUT2D eigenvalue weighted by molar-refractivity contribution is 7.89. The molecule has 0 saturated carbocycles. The predicted octanol–water partition coefficient (Wildman–Crippen LogP) is 4.78. The van der Waals surface area contributed by atoms with Gasteiger partial charge in [-0.3, -0.25) is 4.79 Å². The largest absolute Gasteiger partial charge is 0.416 e. The molecule has 8 heteroatoms. The third-order valence-electron chi connectivity index (χ3n) is 4.44. The van der Waals surface area contributed by atoms with E-state index >= 15 is 0 Å². The zero-order valence-corrected chi connectivity index (χ0v) is 16.5. The number of benzene rings is 3. The Kier molecular flexibility index (Phi) is 6.38. The zero-order valence-electron chi connectivity index (χ0n) is 15.7. The van der Waals surface area contributed by atoms with Crippen LogP contribution in [0.15, 0.2) is 89.8 Å². The summed E-state index contributed by atoms with van der Waals surface area (Å²) >= 11 is 0. The molecule has 0 unspecified atom stereocenters. The van der Waals surface area contributed by atoms with Crippen LogP contribution in [0, 0.1) is 0 Å². The molecule has 0 bridgehead atoms. The van der Waals surface area contributed by atoms with E-state index in [0.717, 1.165) is 16.4 Å². The topological polar surface area (TPSA) is 54.5 Å². The number of halogens is 3. The summed E-state index contributed by atoms with van der Waals surface area (Å²) < 4.78 is 65.6. The van der Waals surface area contributed by atoms with Gasteiger partial charge in [0.05, 0.1) is 17.0 Å². The second kappa shape index (κ2) is 8.81. The Morgan fingerprint density at radius 1 is 0.800 bits per heavy atom. The first kappa shape index (κ1) is 21.7.